The van der Waals surface area contributed by atoms with Gasteiger partial charge in [-0.25, -0.2) is 4.79 Å². The van der Waals surface area contributed by atoms with Crippen molar-refractivity contribution in [1.82, 2.24) is 9.55 Å². The van der Waals surface area contributed by atoms with E-state index in [1.54, 1.807) is 16.7 Å². The summed E-state index contributed by atoms with van der Waals surface area (Å²) in [7, 11) is 1.34. The minimum atomic E-state index is -0.404. The maximum atomic E-state index is 11.5. The van der Waals surface area contributed by atoms with Crippen molar-refractivity contribution in [1.29, 1.82) is 0 Å². The van der Waals surface area contributed by atoms with Crippen LogP contribution in [0.4, 0.5) is 0 Å². The molecule has 0 radical (unpaired) electrons. The Labute approximate surface area is 91.6 Å². The molecule has 0 bridgehead atoms. The molecule has 0 aliphatic carbocycles. The highest BCUT2D eigenvalue weighted by Gasteiger charge is 2.15. The number of nitrogens with one attached hydrogen (secondary N) is 1. The fourth-order valence-electron chi connectivity index (χ4n) is 1.76. The number of H-pyrrole nitrogens is 1. The molecule has 16 heavy (non-hydrogen) atoms. The lowest BCUT2D eigenvalue weighted by Gasteiger charge is -2.04. The number of carbonyl (C=O) groups excluding carboxylic acids is 1. The molecule has 0 saturated carbocycles. The first kappa shape index (κ1) is 10.5. The summed E-state index contributed by atoms with van der Waals surface area (Å²) >= 11 is 0. The molecular weight excluding hydrogens is 208 g/mol. The van der Waals surface area contributed by atoms with E-state index in [4.69, 9.17) is 0 Å². The number of methoxy groups -OCH3 is 1. The molecule has 2 heterocycles. The second-order valence-corrected chi connectivity index (χ2v) is 3.39. The van der Waals surface area contributed by atoms with Crippen LogP contribution in [0, 0.1) is 0 Å². The lowest BCUT2D eigenvalue weighted by atomic mass is 10.3. The fourth-order valence-corrected chi connectivity index (χ4v) is 1.76. The Morgan fingerprint density at radius 2 is 2.25 bits per heavy atom. The van der Waals surface area contributed by atoms with Gasteiger partial charge < -0.3 is 14.3 Å². The molecule has 2 rings (SSSR count). The third-order valence-corrected chi connectivity index (χ3v) is 2.49. The molecule has 5 nitrogen and oxygen atoms in total. The van der Waals surface area contributed by atoms with E-state index in [0.29, 0.717) is 17.9 Å². The SMILES string of the molecule is CCn1c(C(=O)OC)cc2ccc(=O)[nH]c21. The summed E-state index contributed by atoms with van der Waals surface area (Å²) in [6.07, 6.45) is 0. The normalized spacial score (nSPS) is 10.6. The molecule has 0 spiro atoms. The summed E-state index contributed by atoms with van der Waals surface area (Å²) in [5.41, 5.74) is 0.911. The third kappa shape index (κ3) is 1.50. The Morgan fingerprint density at radius 1 is 1.50 bits per heavy atom. The predicted molar refractivity (Wildman–Crippen MR) is 59.6 cm³/mol. The molecule has 0 atom stereocenters. The van der Waals surface area contributed by atoms with Gasteiger partial charge in [0.15, 0.2) is 0 Å². The smallest absolute Gasteiger partial charge is 0.354 e. The van der Waals surface area contributed by atoms with Gasteiger partial charge in [-0.15, -0.1) is 0 Å². The molecule has 0 fully saturated rings. The van der Waals surface area contributed by atoms with Crippen molar-refractivity contribution in [3.8, 4) is 0 Å². The van der Waals surface area contributed by atoms with Crippen LogP contribution in [0.2, 0.25) is 0 Å². The second-order valence-electron chi connectivity index (χ2n) is 3.39. The Kier molecular flexibility index (Phi) is 2.52. The number of hydrogen-bond acceptors (Lipinski definition) is 3. The summed E-state index contributed by atoms with van der Waals surface area (Å²) in [5.74, 6) is -0.404. The van der Waals surface area contributed by atoms with Crippen LogP contribution < -0.4 is 5.56 Å². The van der Waals surface area contributed by atoms with Crippen LogP contribution in [0.15, 0.2) is 23.0 Å². The Hall–Kier alpha value is -2.04. The van der Waals surface area contributed by atoms with Crippen LogP contribution in [0.25, 0.3) is 11.0 Å². The summed E-state index contributed by atoms with van der Waals surface area (Å²) in [5, 5.41) is 0.821. The summed E-state index contributed by atoms with van der Waals surface area (Å²) < 4.78 is 6.41. The lowest BCUT2D eigenvalue weighted by molar-refractivity contribution is 0.0589. The van der Waals surface area contributed by atoms with Gasteiger partial charge in [0.2, 0.25) is 5.56 Å². The number of esters is 1. The van der Waals surface area contributed by atoms with E-state index in [1.807, 2.05) is 6.92 Å². The molecule has 2 aromatic rings. The zero-order valence-electron chi connectivity index (χ0n) is 9.11. The maximum Gasteiger partial charge on any atom is 0.354 e. The first-order chi connectivity index (χ1) is 7.67. The number of aryl methyl sites for hydroxylation is 1. The molecular formula is C11H12N2O3. The standard InChI is InChI=1S/C11H12N2O3/c1-3-13-8(11(15)16-2)6-7-4-5-9(14)12-10(7)13/h4-6H,3H2,1-2H3,(H,12,14). The van der Waals surface area contributed by atoms with Crippen LogP contribution in [-0.4, -0.2) is 22.6 Å². The van der Waals surface area contributed by atoms with Crippen LogP contribution in [0.5, 0.6) is 0 Å². The van der Waals surface area contributed by atoms with E-state index in [0.717, 1.165) is 5.39 Å². The fraction of sp³-hybridized carbons (Fsp3) is 0.273. The van der Waals surface area contributed by atoms with Crippen LogP contribution in [0.3, 0.4) is 0 Å². The van der Waals surface area contributed by atoms with Crippen molar-refractivity contribution in [2.45, 2.75) is 13.5 Å². The average Bonchev–Trinajstić information content (AvgIpc) is 2.65. The Bertz CT molecular complexity index is 595. The topological polar surface area (TPSA) is 64.1 Å². The van der Waals surface area contributed by atoms with Gasteiger partial charge in [0.1, 0.15) is 11.3 Å². The van der Waals surface area contributed by atoms with Gasteiger partial charge in [0.05, 0.1) is 7.11 Å². The van der Waals surface area contributed by atoms with Gasteiger partial charge in [-0.1, -0.05) is 0 Å². The number of hydrogen-bond donors (Lipinski definition) is 1. The van der Waals surface area contributed by atoms with Gasteiger partial charge in [-0.05, 0) is 19.1 Å². The van der Waals surface area contributed by atoms with Gasteiger partial charge >= 0.3 is 5.97 Å². The van der Waals surface area contributed by atoms with Crippen LogP contribution in [0.1, 0.15) is 17.4 Å². The minimum Gasteiger partial charge on any atom is -0.464 e. The Balaban J connectivity index is 2.76. The summed E-state index contributed by atoms with van der Waals surface area (Å²) in [6.45, 7) is 2.49. The number of carbonyl (C=O) groups is 1. The zero-order chi connectivity index (χ0) is 11.7. The molecule has 0 aliphatic rings. The molecule has 84 valence electrons. The lowest BCUT2D eigenvalue weighted by Crippen LogP contribution is -2.11. The van der Waals surface area contributed by atoms with Crippen LogP contribution >= 0.6 is 0 Å². The van der Waals surface area contributed by atoms with Crippen molar-refractivity contribution in [3.63, 3.8) is 0 Å². The van der Waals surface area contributed by atoms with Crippen LogP contribution in [-0.2, 0) is 11.3 Å². The van der Waals surface area contributed by atoms with E-state index < -0.39 is 5.97 Å². The van der Waals surface area contributed by atoms with Crippen molar-refractivity contribution < 1.29 is 9.53 Å². The van der Waals surface area contributed by atoms with Crippen molar-refractivity contribution in [2.75, 3.05) is 7.11 Å². The van der Waals surface area contributed by atoms with Gasteiger partial charge in [-0.2, -0.15) is 0 Å². The second kappa shape index (κ2) is 3.84. The van der Waals surface area contributed by atoms with Gasteiger partial charge in [0.25, 0.3) is 0 Å². The molecule has 0 saturated heterocycles. The number of nitrogens with zero attached hydrogens (tertiary/aromatic N) is 1. The molecule has 0 unspecified atom stereocenters. The summed E-state index contributed by atoms with van der Waals surface area (Å²) in [6, 6.07) is 4.83. The quantitative estimate of drug-likeness (QED) is 0.772. The number of pyridine rings is 1. The van der Waals surface area contributed by atoms with E-state index in [-0.39, 0.29) is 5.56 Å². The first-order valence-corrected chi connectivity index (χ1v) is 4.98. The molecule has 5 heteroatoms. The molecule has 1 N–H and O–H groups in total. The highest BCUT2D eigenvalue weighted by molar-refractivity contribution is 5.94. The number of fused-ring (bicyclic) bond motifs is 1. The van der Waals surface area contributed by atoms with Crippen molar-refractivity contribution >= 4 is 17.0 Å². The van der Waals surface area contributed by atoms with E-state index >= 15 is 0 Å². The first-order valence-electron chi connectivity index (χ1n) is 4.98. The predicted octanol–water partition coefficient (Wildman–Crippen LogP) is 1.14. The highest BCUT2D eigenvalue weighted by Crippen LogP contribution is 2.17. The number of aromatic nitrogens is 2. The van der Waals surface area contributed by atoms with E-state index in [2.05, 4.69) is 9.72 Å². The highest BCUT2D eigenvalue weighted by atomic mass is 16.5. The number of ether oxygens (including phenoxy) is 1. The molecule has 2 aromatic heterocycles. The zero-order valence-corrected chi connectivity index (χ0v) is 9.11. The average molecular weight is 220 g/mol. The molecule has 0 aromatic carbocycles. The number of rotatable bonds is 2. The molecule has 0 amide bonds. The van der Waals surface area contributed by atoms with Crippen molar-refractivity contribution in [2.24, 2.45) is 0 Å². The largest absolute Gasteiger partial charge is 0.464 e. The molecule has 0 aliphatic heterocycles. The third-order valence-electron chi connectivity index (χ3n) is 2.49. The Morgan fingerprint density at radius 3 is 2.88 bits per heavy atom. The van der Waals surface area contributed by atoms with Gasteiger partial charge in [-0.3, -0.25) is 4.79 Å². The monoisotopic (exact) mass is 220 g/mol. The van der Waals surface area contributed by atoms with Crippen molar-refractivity contribution in [3.05, 3.63) is 34.2 Å². The maximum absolute atomic E-state index is 11.5. The van der Waals surface area contributed by atoms with Gasteiger partial charge in [0, 0.05) is 18.0 Å². The number of aromatic amines is 1. The summed E-state index contributed by atoms with van der Waals surface area (Å²) in [4.78, 5) is 25.4. The van der Waals surface area contributed by atoms with E-state index in [1.165, 1.54) is 13.2 Å². The minimum absolute atomic E-state index is 0.184. The van der Waals surface area contributed by atoms with E-state index in [9.17, 15) is 9.59 Å².